The molecule has 0 aliphatic carbocycles. The van der Waals surface area contributed by atoms with Crippen LogP contribution in [0.5, 0.6) is 0 Å². The summed E-state index contributed by atoms with van der Waals surface area (Å²) in [4.78, 5) is 26.5. The van der Waals surface area contributed by atoms with E-state index in [4.69, 9.17) is 14.2 Å². The van der Waals surface area contributed by atoms with E-state index in [-0.39, 0.29) is 19.4 Å². The number of hydrogen-bond donors (Lipinski definition) is 6. The molecule has 1 heterocycles. The van der Waals surface area contributed by atoms with E-state index in [0.717, 1.165) is 64.2 Å². The molecule has 1 aliphatic heterocycles. The first-order valence-electron chi connectivity index (χ1n) is 32.1. The Labute approximate surface area is 471 Å². The van der Waals surface area contributed by atoms with Crippen LogP contribution in [0.15, 0.2) is 60.8 Å². The van der Waals surface area contributed by atoms with Crippen molar-refractivity contribution in [1.82, 2.24) is 5.32 Å². The van der Waals surface area contributed by atoms with Crippen molar-refractivity contribution in [2.75, 3.05) is 13.2 Å². The van der Waals surface area contributed by atoms with Crippen molar-refractivity contribution in [3.05, 3.63) is 60.8 Å². The highest BCUT2D eigenvalue weighted by atomic mass is 16.7. The Hall–Kier alpha value is -2.64. The molecule has 1 amide bonds. The van der Waals surface area contributed by atoms with Gasteiger partial charge in [0.25, 0.3) is 0 Å². The molecule has 0 saturated carbocycles. The second-order valence-corrected chi connectivity index (χ2v) is 22.2. The fraction of sp³-hybridized carbons (Fsp3) is 0.818. The van der Waals surface area contributed by atoms with Gasteiger partial charge in [-0.15, -0.1) is 0 Å². The molecule has 77 heavy (non-hydrogen) atoms. The van der Waals surface area contributed by atoms with E-state index < -0.39 is 67.4 Å². The van der Waals surface area contributed by atoms with Crippen LogP contribution in [0.2, 0.25) is 0 Å². The minimum atomic E-state index is -1.62. The van der Waals surface area contributed by atoms with E-state index in [1.54, 1.807) is 6.08 Å². The summed E-state index contributed by atoms with van der Waals surface area (Å²) in [7, 11) is 0. The van der Waals surface area contributed by atoms with Crippen LogP contribution >= 0.6 is 0 Å². The van der Waals surface area contributed by atoms with Crippen molar-refractivity contribution in [3.8, 4) is 0 Å². The molecule has 1 aliphatic rings. The van der Waals surface area contributed by atoms with Gasteiger partial charge in [0.15, 0.2) is 12.4 Å². The van der Waals surface area contributed by atoms with Gasteiger partial charge in [0.1, 0.15) is 24.4 Å². The monoisotopic (exact) mass is 1090 g/mol. The number of carbonyl (C=O) groups is 2. The Morgan fingerprint density at radius 3 is 1.40 bits per heavy atom. The lowest BCUT2D eigenvalue weighted by molar-refractivity contribution is -0.305. The summed E-state index contributed by atoms with van der Waals surface area (Å²) in [5.74, 6) is -1.23. The topological polar surface area (TPSA) is 175 Å². The van der Waals surface area contributed by atoms with E-state index in [2.05, 4.69) is 32.2 Å². The van der Waals surface area contributed by atoms with Gasteiger partial charge in [0.2, 0.25) is 5.91 Å². The molecule has 8 atom stereocenters. The second kappa shape index (κ2) is 54.0. The lowest BCUT2D eigenvalue weighted by atomic mass is 9.99. The van der Waals surface area contributed by atoms with Gasteiger partial charge in [-0.1, -0.05) is 293 Å². The second-order valence-electron chi connectivity index (χ2n) is 22.2. The Kier molecular flexibility index (Phi) is 50.7. The van der Waals surface area contributed by atoms with Gasteiger partial charge in [-0.05, 0) is 44.9 Å². The number of ether oxygens (including phenoxy) is 3. The maximum atomic E-state index is 13.3. The number of aliphatic hydroxyl groups is 5. The van der Waals surface area contributed by atoms with Crippen molar-refractivity contribution < 1.29 is 49.3 Å². The summed E-state index contributed by atoms with van der Waals surface area (Å²) >= 11 is 0. The van der Waals surface area contributed by atoms with Gasteiger partial charge in [-0.25, -0.2) is 0 Å². The molecule has 0 aromatic rings. The summed E-state index contributed by atoms with van der Waals surface area (Å²) in [6, 6.07) is -1.04. The standard InChI is InChI=1S/C66H119NO10/c1-4-7-10-13-16-19-22-24-25-26-27-28-29-30-31-32-33-34-35-36-39-42-45-48-51-54-61(71)77-64-63(73)62(72)60(55-68)76-66(64)75-56-57(58(69)52-49-46-43-40-37-21-18-15-12-9-6-3)67-65(74)59(70)53-50-47-44-41-38-23-20-17-14-11-8-5-2/h8,11,14,17,20,23,38,41,49,52,57-60,62-64,66,68-70,72-73H,4-7,9-10,12-13,15-16,18-19,21-22,24-37,39-40,42-48,50-51,53-56H2,1-3H3,(H,67,74)/b11-8+,17-14+,23-20-,41-38-,52-49+. The zero-order chi connectivity index (χ0) is 56.1. The largest absolute Gasteiger partial charge is 0.454 e. The fourth-order valence-corrected chi connectivity index (χ4v) is 9.96. The first-order chi connectivity index (χ1) is 37.7. The van der Waals surface area contributed by atoms with Crippen LogP contribution in [-0.4, -0.2) is 99.6 Å². The Balaban J connectivity index is 2.56. The van der Waals surface area contributed by atoms with Crippen molar-refractivity contribution in [2.45, 2.75) is 333 Å². The molecule has 0 spiro atoms. The minimum absolute atomic E-state index is 0.121. The van der Waals surface area contributed by atoms with Crippen LogP contribution in [0.3, 0.4) is 0 Å². The number of aliphatic hydroxyl groups excluding tert-OH is 5. The van der Waals surface area contributed by atoms with Crippen LogP contribution < -0.4 is 5.32 Å². The van der Waals surface area contributed by atoms with E-state index >= 15 is 0 Å². The minimum Gasteiger partial charge on any atom is -0.454 e. The lowest BCUT2D eigenvalue weighted by Gasteiger charge is -2.41. The van der Waals surface area contributed by atoms with Gasteiger partial charge in [-0.3, -0.25) is 9.59 Å². The Bertz CT molecular complexity index is 1480. The van der Waals surface area contributed by atoms with Gasteiger partial charge in [0, 0.05) is 6.42 Å². The third-order valence-electron chi connectivity index (χ3n) is 15.0. The predicted octanol–water partition coefficient (Wildman–Crippen LogP) is 15.4. The fourth-order valence-electron chi connectivity index (χ4n) is 9.96. The molecule has 0 bridgehead atoms. The molecule has 11 nitrogen and oxygen atoms in total. The highest BCUT2D eigenvalue weighted by molar-refractivity contribution is 5.80. The number of unbranched alkanes of at least 4 members (excludes halogenated alkanes) is 35. The van der Waals surface area contributed by atoms with Crippen LogP contribution in [-0.2, 0) is 23.8 Å². The zero-order valence-electron chi connectivity index (χ0n) is 49.6. The third-order valence-corrected chi connectivity index (χ3v) is 15.0. The quantitative estimate of drug-likeness (QED) is 0.0149. The smallest absolute Gasteiger partial charge is 0.306 e. The number of nitrogens with one attached hydrogen (secondary N) is 1. The zero-order valence-corrected chi connectivity index (χ0v) is 49.6. The molecule has 0 radical (unpaired) electrons. The summed E-state index contributed by atoms with van der Waals surface area (Å²) in [6.07, 6.45) is 57.2. The number of hydrogen-bond acceptors (Lipinski definition) is 10. The highest BCUT2D eigenvalue weighted by Gasteiger charge is 2.47. The Morgan fingerprint density at radius 2 is 0.935 bits per heavy atom. The summed E-state index contributed by atoms with van der Waals surface area (Å²) < 4.78 is 17.6. The number of amides is 1. The van der Waals surface area contributed by atoms with Gasteiger partial charge < -0.3 is 45.1 Å². The van der Waals surface area contributed by atoms with Crippen LogP contribution in [0.4, 0.5) is 0 Å². The van der Waals surface area contributed by atoms with Crippen molar-refractivity contribution in [1.29, 1.82) is 0 Å². The molecule has 0 aromatic carbocycles. The van der Waals surface area contributed by atoms with E-state index in [9.17, 15) is 35.1 Å². The highest BCUT2D eigenvalue weighted by Crippen LogP contribution is 2.26. The van der Waals surface area contributed by atoms with Crippen molar-refractivity contribution in [2.24, 2.45) is 0 Å². The third kappa shape index (κ3) is 42.0. The summed E-state index contributed by atoms with van der Waals surface area (Å²) in [5.41, 5.74) is 0. The first-order valence-corrected chi connectivity index (χ1v) is 32.1. The van der Waals surface area contributed by atoms with Crippen LogP contribution in [0.25, 0.3) is 0 Å². The number of carbonyl (C=O) groups excluding carboxylic acids is 2. The van der Waals surface area contributed by atoms with E-state index in [1.165, 1.54) is 173 Å². The lowest BCUT2D eigenvalue weighted by Crippen LogP contribution is -2.61. The van der Waals surface area contributed by atoms with Crippen LogP contribution in [0.1, 0.15) is 284 Å². The maximum Gasteiger partial charge on any atom is 0.306 e. The predicted molar refractivity (Wildman–Crippen MR) is 320 cm³/mol. The average molecular weight is 1090 g/mol. The van der Waals surface area contributed by atoms with Crippen molar-refractivity contribution in [3.63, 3.8) is 0 Å². The molecule has 1 fully saturated rings. The molecule has 11 heteroatoms. The molecule has 8 unspecified atom stereocenters. The molecule has 0 aromatic heterocycles. The van der Waals surface area contributed by atoms with Crippen LogP contribution in [0, 0.1) is 0 Å². The maximum absolute atomic E-state index is 13.3. The molecule has 1 rings (SSSR count). The van der Waals surface area contributed by atoms with E-state index in [1.807, 2.05) is 48.6 Å². The van der Waals surface area contributed by atoms with Gasteiger partial charge >= 0.3 is 5.97 Å². The molecule has 448 valence electrons. The number of rotatable bonds is 54. The average Bonchev–Trinajstić information content (AvgIpc) is 3.43. The Morgan fingerprint density at radius 1 is 0.519 bits per heavy atom. The number of allylic oxidation sites excluding steroid dienone is 9. The molecular formula is C66H119NO10. The summed E-state index contributed by atoms with van der Waals surface area (Å²) in [6.45, 7) is 5.63. The van der Waals surface area contributed by atoms with Gasteiger partial charge in [-0.2, -0.15) is 0 Å². The molecule has 6 N–H and O–H groups in total. The molecular weight excluding hydrogens is 967 g/mol. The SMILES string of the molecule is CC/C=C/C=C/C=C\C=C/CCCCC(O)C(=O)NC(COC1OC(CO)C(O)C(O)C1OC(=O)CCCCCCCCCCCCCCCCCCCCCCCCCCC)C(O)/C=C/CCCCCCCCCCC. The van der Waals surface area contributed by atoms with E-state index in [0.29, 0.717) is 12.8 Å². The first kappa shape index (κ1) is 72.4. The van der Waals surface area contributed by atoms with Crippen molar-refractivity contribution >= 4 is 11.9 Å². The molecule has 1 saturated heterocycles. The summed E-state index contributed by atoms with van der Waals surface area (Å²) in [5, 5.41) is 56.8. The van der Waals surface area contributed by atoms with Gasteiger partial charge in [0.05, 0.1) is 25.4 Å². The normalized spacial score (nSPS) is 19.4. The number of esters is 1.